The fraction of sp³-hybridized carbons (Fsp3) is 0.500. The summed E-state index contributed by atoms with van der Waals surface area (Å²) in [6.45, 7) is 0. The maximum Gasteiger partial charge on any atom is 0.334 e. The average molecular weight is 289 g/mol. The number of esters is 1. The van der Waals surface area contributed by atoms with Gasteiger partial charge < -0.3 is 15.2 Å². The Morgan fingerprint density at radius 3 is 2.57 bits per heavy atom. The Bertz CT molecular complexity index is 555. The molecule has 2 aliphatic rings. The van der Waals surface area contributed by atoms with E-state index in [-0.39, 0.29) is 17.7 Å². The third-order valence-corrected chi connectivity index (χ3v) is 4.91. The number of hydrogen-bond donors (Lipinski definition) is 2. The van der Waals surface area contributed by atoms with Gasteiger partial charge in [-0.1, -0.05) is 18.2 Å². The van der Waals surface area contributed by atoms with Crippen LogP contribution in [0.3, 0.4) is 0 Å². The summed E-state index contributed by atoms with van der Waals surface area (Å²) in [5.74, 6) is -0.901. The van der Waals surface area contributed by atoms with Gasteiger partial charge in [0, 0.05) is 5.56 Å². The lowest BCUT2D eigenvalue weighted by molar-refractivity contribution is -0.156. The van der Waals surface area contributed by atoms with E-state index in [1.54, 1.807) is 24.3 Å². The van der Waals surface area contributed by atoms with Crippen LogP contribution in [0, 0.1) is 11.8 Å². The Labute approximate surface area is 123 Å². The molecule has 2 saturated carbocycles. The Hall–Kier alpha value is -1.88. The minimum absolute atomic E-state index is 0.0578. The molecule has 112 valence electrons. The van der Waals surface area contributed by atoms with E-state index in [0.29, 0.717) is 5.56 Å². The minimum Gasteiger partial charge on any atom is -0.467 e. The molecule has 5 heteroatoms. The van der Waals surface area contributed by atoms with Crippen LogP contribution in [0.4, 0.5) is 0 Å². The molecule has 1 aromatic carbocycles. The van der Waals surface area contributed by atoms with Gasteiger partial charge in [0.15, 0.2) is 5.54 Å². The van der Waals surface area contributed by atoms with Gasteiger partial charge >= 0.3 is 5.97 Å². The lowest BCUT2D eigenvalue weighted by Gasteiger charge is -2.39. The average Bonchev–Trinajstić information content (AvgIpc) is 3.10. The third kappa shape index (κ3) is 2.03. The van der Waals surface area contributed by atoms with Crippen molar-refractivity contribution in [1.29, 1.82) is 0 Å². The number of fused-ring (bicyclic) bond motifs is 2. The smallest absolute Gasteiger partial charge is 0.334 e. The van der Waals surface area contributed by atoms with Gasteiger partial charge in [0.05, 0.1) is 13.2 Å². The van der Waals surface area contributed by atoms with Gasteiger partial charge in [-0.15, -0.1) is 0 Å². The van der Waals surface area contributed by atoms with Crippen LogP contribution in [0.1, 0.15) is 29.6 Å². The maximum atomic E-state index is 12.4. The minimum atomic E-state index is -1.30. The van der Waals surface area contributed by atoms with Crippen LogP contribution in [0.25, 0.3) is 0 Å². The molecular weight excluding hydrogens is 270 g/mol. The molecule has 2 fully saturated rings. The van der Waals surface area contributed by atoms with Gasteiger partial charge in [-0.2, -0.15) is 0 Å². The first-order valence-electron chi connectivity index (χ1n) is 7.23. The number of ether oxygens (including phenoxy) is 1. The normalized spacial score (nSPS) is 33.7. The fourth-order valence-corrected chi connectivity index (χ4v) is 3.86. The quantitative estimate of drug-likeness (QED) is 0.818. The predicted octanol–water partition coefficient (Wildman–Crippen LogP) is 1.12. The van der Waals surface area contributed by atoms with Gasteiger partial charge in [0.25, 0.3) is 5.91 Å². The van der Waals surface area contributed by atoms with Crippen LogP contribution >= 0.6 is 0 Å². The Balaban J connectivity index is 1.91. The molecular formula is C16H19NO4. The van der Waals surface area contributed by atoms with Crippen molar-refractivity contribution in [3.63, 3.8) is 0 Å². The van der Waals surface area contributed by atoms with Gasteiger partial charge in [-0.25, -0.2) is 4.79 Å². The maximum absolute atomic E-state index is 12.4. The predicted molar refractivity (Wildman–Crippen MR) is 75.5 cm³/mol. The number of benzene rings is 1. The van der Waals surface area contributed by atoms with Crippen molar-refractivity contribution in [2.45, 2.75) is 30.9 Å². The van der Waals surface area contributed by atoms with Crippen LogP contribution in [0.5, 0.6) is 0 Å². The van der Waals surface area contributed by atoms with Gasteiger partial charge in [0.2, 0.25) is 0 Å². The summed E-state index contributed by atoms with van der Waals surface area (Å²) in [6, 6.07) is 8.70. The van der Waals surface area contributed by atoms with Crippen molar-refractivity contribution in [1.82, 2.24) is 5.32 Å². The van der Waals surface area contributed by atoms with Crippen LogP contribution in [0.2, 0.25) is 0 Å². The molecule has 0 aliphatic heterocycles. The SMILES string of the molecule is COC(=O)[C@]1(NC(=O)c2ccccc2)[C@@H]2CC[C@@H](C2)[C@H]1O. The lowest BCUT2D eigenvalue weighted by atomic mass is 9.78. The molecule has 0 heterocycles. The molecule has 5 nitrogen and oxygen atoms in total. The van der Waals surface area contributed by atoms with E-state index >= 15 is 0 Å². The first kappa shape index (κ1) is 14.1. The van der Waals surface area contributed by atoms with Crippen molar-refractivity contribution >= 4 is 11.9 Å². The standard InChI is InChI=1S/C16H19NO4/c1-21-15(20)16(12-8-7-11(9-12)13(16)18)17-14(19)10-5-3-2-4-6-10/h2-6,11-13,18H,7-9H2,1H3,(H,17,19)/t11-,12+,13+,16-/m0/s1. The number of rotatable bonds is 3. The highest BCUT2D eigenvalue weighted by Gasteiger charge is 2.63. The van der Waals surface area contributed by atoms with E-state index < -0.39 is 17.6 Å². The molecule has 21 heavy (non-hydrogen) atoms. The summed E-state index contributed by atoms with van der Waals surface area (Å²) in [5.41, 5.74) is -0.833. The molecule has 1 aromatic rings. The number of carbonyl (C=O) groups is 2. The second-order valence-electron chi connectivity index (χ2n) is 5.90. The largest absolute Gasteiger partial charge is 0.467 e. The molecule has 0 radical (unpaired) electrons. The second-order valence-corrected chi connectivity index (χ2v) is 5.90. The molecule has 0 unspecified atom stereocenters. The van der Waals surface area contributed by atoms with E-state index in [4.69, 9.17) is 4.74 Å². The number of aliphatic hydroxyl groups is 1. The van der Waals surface area contributed by atoms with Crippen LogP contribution in [-0.4, -0.2) is 35.7 Å². The number of nitrogens with one attached hydrogen (secondary N) is 1. The topological polar surface area (TPSA) is 75.6 Å². The molecule has 1 amide bonds. The Kier molecular flexibility index (Phi) is 3.45. The molecule has 4 atom stereocenters. The molecule has 0 saturated heterocycles. The number of amides is 1. The number of aliphatic hydroxyl groups excluding tert-OH is 1. The molecule has 2 bridgehead atoms. The summed E-state index contributed by atoms with van der Waals surface area (Å²) >= 11 is 0. The summed E-state index contributed by atoms with van der Waals surface area (Å²) in [4.78, 5) is 24.7. The highest BCUT2D eigenvalue weighted by atomic mass is 16.5. The summed E-state index contributed by atoms with van der Waals surface area (Å²) in [5, 5.41) is 13.3. The van der Waals surface area contributed by atoms with Crippen LogP contribution in [-0.2, 0) is 9.53 Å². The van der Waals surface area contributed by atoms with Crippen molar-refractivity contribution in [3.05, 3.63) is 35.9 Å². The number of hydrogen-bond acceptors (Lipinski definition) is 4. The fourth-order valence-electron chi connectivity index (χ4n) is 3.86. The number of carbonyl (C=O) groups excluding carboxylic acids is 2. The van der Waals surface area contributed by atoms with Crippen molar-refractivity contribution in [2.75, 3.05) is 7.11 Å². The molecule has 2 aliphatic carbocycles. The lowest BCUT2D eigenvalue weighted by Crippen LogP contribution is -2.65. The summed E-state index contributed by atoms with van der Waals surface area (Å²) in [6.07, 6.45) is 1.60. The van der Waals surface area contributed by atoms with E-state index in [9.17, 15) is 14.7 Å². The third-order valence-electron chi connectivity index (χ3n) is 4.91. The molecule has 0 aromatic heterocycles. The molecule has 0 spiro atoms. The van der Waals surface area contributed by atoms with E-state index in [0.717, 1.165) is 19.3 Å². The van der Waals surface area contributed by atoms with Crippen LogP contribution < -0.4 is 5.32 Å². The summed E-state index contributed by atoms with van der Waals surface area (Å²) < 4.78 is 4.88. The van der Waals surface area contributed by atoms with E-state index in [2.05, 4.69) is 5.32 Å². The monoisotopic (exact) mass is 289 g/mol. The van der Waals surface area contributed by atoms with Crippen molar-refractivity contribution in [3.8, 4) is 0 Å². The van der Waals surface area contributed by atoms with Gasteiger partial charge in [-0.05, 0) is 43.2 Å². The van der Waals surface area contributed by atoms with Crippen molar-refractivity contribution < 1.29 is 19.4 Å². The Morgan fingerprint density at radius 2 is 2.00 bits per heavy atom. The Morgan fingerprint density at radius 1 is 1.29 bits per heavy atom. The van der Waals surface area contributed by atoms with Crippen molar-refractivity contribution in [2.24, 2.45) is 11.8 Å². The van der Waals surface area contributed by atoms with Gasteiger partial charge in [0.1, 0.15) is 0 Å². The highest BCUT2D eigenvalue weighted by Crippen LogP contribution is 2.51. The van der Waals surface area contributed by atoms with E-state index in [1.165, 1.54) is 7.11 Å². The zero-order valence-corrected chi connectivity index (χ0v) is 11.9. The first-order chi connectivity index (χ1) is 10.1. The van der Waals surface area contributed by atoms with Gasteiger partial charge in [-0.3, -0.25) is 4.79 Å². The zero-order valence-electron chi connectivity index (χ0n) is 11.9. The zero-order chi connectivity index (χ0) is 15.0. The van der Waals surface area contributed by atoms with Crippen LogP contribution in [0.15, 0.2) is 30.3 Å². The number of methoxy groups -OCH3 is 1. The highest BCUT2D eigenvalue weighted by molar-refractivity contribution is 5.98. The first-order valence-corrected chi connectivity index (χ1v) is 7.23. The second kappa shape index (κ2) is 5.15. The summed E-state index contributed by atoms with van der Waals surface area (Å²) in [7, 11) is 1.29. The molecule has 2 N–H and O–H groups in total. The molecule has 3 rings (SSSR count). The van der Waals surface area contributed by atoms with E-state index in [1.807, 2.05) is 6.07 Å².